The van der Waals surface area contributed by atoms with Gasteiger partial charge in [-0.2, -0.15) is 13.2 Å². The van der Waals surface area contributed by atoms with Crippen LogP contribution in [0.1, 0.15) is 18.9 Å². The van der Waals surface area contributed by atoms with Crippen molar-refractivity contribution >= 4 is 17.5 Å². The van der Waals surface area contributed by atoms with Crippen LogP contribution in [0.4, 0.5) is 18.9 Å². The number of amides is 2. The van der Waals surface area contributed by atoms with E-state index in [0.717, 1.165) is 12.5 Å². The summed E-state index contributed by atoms with van der Waals surface area (Å²) in [5.74, 6) is -0.607. The average Bonchev–Trinajstić information content (AvgIpc) is 2.62. The zero-order valence-corrected chi connectivity index (χ0v) is 15.2. The van der Waals surface area contributed by atoms with Crippen LogP contribution in [0.25, 0.3) is 0 Å². The Balaban J connectivity index is 1.81. The van der Waals surface area contributed by atoms with Crippen LogP contribution < -0.4 is 5.32 Å². The van der Waals surface area contributed by atoms with Crippen LogP contribution in [-0.2, 0) is 20.5 Å². The van der Waals surface area contributed by atoms with Gasteiger partial charge in [0.05, 0.1) is 17.8 Å². The number of rotatable bonds is 7. The molecule has 0 spiro atoms. The van der Waals surface area contributed by atoms with E-state index in [1.54, 1.807) is 4.90 Å². The second-order valence-corrected chi connectivity index (χ2v) is 6.30. The maximum atomic E-state index is 13.0. The molecule has 1 fully saturated rings. The molecule has 1 aliphatic rings. The summed E-state index contributed by atoms with van der Waals surface area (Å²) < 4.78 is 44.2. The first-order valence-corrected chi connectivity index (χ1v) is 8.85. The van der Waals surface area contributed by atoms with Gasteiger partial charge in [0.2, 0.25) is 11.8 Å². The van der Waals surface area contributed by atoms with Gasteiger partial charge < -0.3 is 15.0 Å². The Morgan fingerprint density at radius 2 is 1.81 bits per heavy atom. The molecule has 1 aromatic rings. The summed E-state index contributed by atoms with van der Waals surface area (Å²) >= 11 is 0. The summed E-state index contributed by atoms with van der Waals surface area (Å²) in [6.45, 7) is 4.39. The van der Waals surface area contributed by atoms with Crippen LogP contribution in [0.2, 0.25) is 0 Å². The van der Waals surface area contributed by atoms with Crippen molar-refractivity contribution < 1.29 is 27.5 Å². The minimum absolute atomic E-state index is 0.0272. The molecule has 150 valence electrons. The van der Waals surface area contributed by atoms with E-state index in [1.807, 2.05) is 11.8 Å². The van der Waals surface area contributed by atoms with Gasteiger partial charge in [-0.05, 0) is 18.6 Å². The van der Waals surface area contributed by atoms with Crippen LogP contribution in [0.15, 0.2) is 24.3 Å². The number of nitrogens with zero attached hydrogens (tertiary/aromatic N) is 2. The molecular weight excluding hydrogens is 363 g/mol. The zero-order chi connectivity index (χ0) is 19.9. The van der Waals surface area contributed by atoms with Gasteiger partial charge in [0.25, 0.3) is 0 Å². The fraction of sp³-hybridized carbons (Fsp3) is 0.556. The average molecular weight is 387 g/mol. The quantitative estimate of drug-likeness (QED) is 0.729. The van der Waals surface area contributed by atoms with Crippen molar-refractivity contribution in [3.8, 4) is 0 Å². The number of carbonyl (C=O) groups excluding carboxylic acids is 2. The standard InChI is InChI=1S/C18H24F3N3O3/c1-2-11-27-13-17(26)24-9-7-23(8-10-24)12-16(25)22-15-6-4-3-5-14(15)18(19,20)21/h3-6H,2,7-13H2,1H3,(H,22,25). The van der Waals surface area contributed by atoms with E-state index in [2.05, 4.69) is 5.32 Å². The molecule has 0 unspecified atom stereocenters. The number of nitrogens with one attached hydrogen (secondary N) is 1. The number of hydrogen-bond donors (Lipinski definition) is 1. The van der Waals surface area contributed by atoms with Crippen LogP contribution >= 0.6 is 0 Å². The fourth-order valence-corrected chi connectivity index (χ4v) is 2.78. The minimum Gasteiger partial charge on any atom is -0.372 e. The van der Waals surface area contributed by atoms with Crippen molar-refractivity contribution in [2.45, 2.75) is 19.5 Å². The maximum Gasteiger partial charge on any atom is 0.418 e. The number of alkyl halides is 3. The smallest absolute Gasteiger partial charge is 0.372 e. The van der Waals surface area contributed by atoms with Crippen molar-refractivity contribution in [3.63, 3.8) is 0 Å². The van der Waals surface area contributed by atoms with Crippen molar-refractivity contribution in [2.75, 3.05) is 51.3 Å². The summed E-state index contributed by atoms with van der Waals surface area (Å²) in [6, 6.07) is 4.88. The molecule has 1 N–H and O–H groups in total. The number of para-hydroxylation sites is 1. The Kier molecular flexibility index (Phi) is 7.61. The van der Waals surface area contributed by atoms with E-state index in [4.69, 9.17) is 4.74 Å². The molecule has 1 saturated heterocycles. The van der Waals surface area contributed by atoms with E-state index in [0.29, 0.717) is 32.8 Å². The van der Waals surface area contributed by atoms with Crippen LogP contribution in [0.5, 0.6) is 0 Å². The molecule has 2 amide bonds. The summed E-state index contributed by atoms with van der Waals surface area (Å²) in [5, 5.41) is 2.33. The molecule has 0 aliphatic carbocycles. The molecule has 1 aromatic carbocycles. The third kappa shape index (κ3) is 6.51. The number of anilines is 1. The highest BCUT2D eigenvalue weighted by molar-refractivity contribution is 5.93. The third-order valence-electron chi connectivity index (χ3n) is 4.17. The lowest BCUT2D eigenvalue weighted by Gasteiger charge is -2.34. The second-order valence-electron chi connectivity index (χ2n) is 6.30. The lowest BCUT2D eigenvalue weighted by atomic mass is 10.1. The van der Waals surface area contributed by atoms with Crippen molar-refractivity contribution in [1.29, 1.82) is 0 Å². The summed E-state index contributed by atoms with van der Waals surface area (Å²) in [5.41, 5.74) is -1.13. The van der Waals surface area contributed by atoms with Crippen LogP contribution in [0, 0.1) is 0 Å². The van der Waals surface area contributed by atoms with Gasteiger partial charge in [-0.3, -0.25) is 14.5 Å². The molecule has 0 bridgehead atoms. The van der Waals surface area contributed by atoms with Crippen molar-refractivity contribution in [1.82, 2.24) is 9.80 Å². The van der Waals surface area contributed by atoms with Gasteiger partial charge in [0.1, 0.15) is 6.61 Å². The highest BCUT2D eigenvalue weighted by atomic mass is 19.4. The van der Waals surface area contributed by atoms with Crippen molar-refractivity contribution in [3.05, 3.63) is 29.8 Å². The first-order valence-electron chi connectivity index (χ1n) is 8.85. The summed E-state index contributed by atoms with van der Waals surface area (Å²) in [6.07, 6.45) is -3.69. The van der Waals surface area contributed by atoms with E-state index in [-0.39, 0.29) is 24.7 Å². The SMILES string of the molecule is CCCOCC(=O)N1CCN(CC(=O)Nc2ccccc2C(F)(F)F)CC1. The fourth-order valence-electron chi connectivity index (χ4n) is 2.78. The normalized spacial score (nSPS) is 15.6. The van der Waals surface area contributed by atoms with E-state index < -0.39 is 17.6 Å². The van der Waals surface area contributed by atoms with Gasteiger partial charge in [0, 0.05) is 32.8 Å². The molecule has 1 heterocycles. The summed E-state index contributed by atoms with van der Waals surface area (Å²) in [4.78, 5) is 27.6. The second kappa shape index (κ2) is 9.70. The molecule has 0 atom stereocenters. The van der Waals surface area contributed by atoms with E-state index in [9.17, 15) is 22.8 Å². The Bertz CT molecular complexity index is 644. The van der Waals surface area contributed by atoms with Gasteiger partial charge >= 0.3 is 6.18 Å². The molecule has 0 aromatic heterocycles. The molecule has 0 radical (unpaired) electrons. The predicted octanol–water partition coefficient (Wildman–Crippen LogP) is 2.21. The van der Waals surface area contributed by atoms with Crippen LogP contribution in [-0.4, -0.2) is 67.6 Å². The first kappa shape index (κ1) is 21.2. The number of benzene rings is 1. The topological polar surface area (TPSA) is 61.9 Å². The molecule has 0 saturated carbocycles. The Hall–Kier alpha value is -2.13. The zero-order valence-electron chi connectivity index (χ0n) is 15.2. The van der Waals surface area contributed by atoms with Gasteiger partial charge in [-0.25, -0.2) is 0 Å². The number of hydrogen-bond acceptors (Lipinski definition) is 4. The molecule has 1 aliphatic heterocycles. The van der Waals surface area contributed by atoms with Gasteiger partial charge in [-0.15, -0.1) is 0 Å². The Morgan fingerprint density at radius 1 is 1.15 bits per heavy atom. The highest BCUT2D eigenvalue weighted by Crippen LogP contribution is 2.34. The first-order chi connectivity index (χ1) is 12.8. The number of carbonyl (C=O) groups is 2. The largest absolute Gasteiger partial charge is 0.418 e. The van der Waals surface area contributed by atoms with E-state index >= 15 is 0 Å². The third-order valence-corrected chi connectivity index (χ3v) is 4.17. The Labute approximate surface area is 156 Å². The number of ether oxygens (including phenoxy) is 1. The lowest BCUT2D eigenvalue weighted by Crippen LogP contribution is -2.51. The molecule has 2 rings (SSSR count). The maximum absolute atomic E-state index is 13.0. The molecule has 6 nitrogen and oxygen atoms in total. The van der Waals surface area contributed by atoms with Crippen LogP contribution in [0.3, 0.4) is 0 Å². The highest BCUT2D eigenvalue weighted by Gasteiger charge is 2.33. The van der Waals surface area contributed by atoms with Gasteiger partial charge in [0.15, 0.2) is 0 Å². The lowest BCUT2D eigenvalue weighted by molar-refractivity contribution is -0.138. The number of piperazine rings is 1. The van der Waals surface area contributed by atoms with Gasteiger partial charge in [-0.1, -0.05) is 19.1 Å². The number of halogens is 3. The minimum atomic E-state index is -4.53. The summed E-state index contributed by atoms with van der Waals surface area (Å²) in [7, 11) is 0. The molecule has 9 heteroatoms. The van der Waals surface area contributed by atoms with Crippen molar-refractivity contribution in [2.24, 2.45) is 0 Å². The monoisotopic (exact) mass is 387 g/mol. The van der Waals surface area contributed by atoms with E-state index in [1.165, 1.54) is 18.2 Å². The molecule has 27 heavy (non-hydrogen) atoms. The Morgan fingerprint density at radius 3 is 2.44 bits per heavy atom. The molecular formula is C18H24F3N3O3. The predicted molar refractivity (Wildman–Crippen MR) is 94.2 cm³/mol.